The number of likely N-dealkylation sites (N-methyl/N-ethyl adjacent to an activating group) is 1. The van der Waals surface area contributed by atoms with Gasteiger partial charge in [-0.1, -0.05) is 19.1 Å². The third-order valence-corrected chi connectivity index (χ3v) is 3.32. The zero-order valence-corrected chi connectivity index (χ0v) is 11.7. The number of aryl methyl sites for hydroxylation is 1. The van der Waals surface area contributed by atoms with Crippen LogP contribution in [0.15, 0.2) is 36.7 Å². The molecule has 1 atom stereocenters. The molecule has 0 aliphatic heterocycles. The minimum absolute atomic E-state index is 0.252. The number of hydrogen-bond donors (Lipinski definition) is 1. The molecule has 0 bridgehead atoms. The lowest BCUT2D eigenvalue weighted by molar-refractivity contribution is 0.461. The predicted octanol–water partition coefficient (Wildman–Crippen LogP) is 3.56. The number of aromatic nitrogens is 1. The molecule has 1 aromatic carbocycles. The van der Waals surface area contributed by atoms with E-state index < -0.39 is 11.6 Å². The molecule has 2 aromatic rings. The summed E-state index contributed by atoms with van der Waals surface area (Å²) >= 11 is 0. The first kappa shape index (κ1) is 14.6. The number of hydrogen-bond acceptors (Lipinski definition) is 2. The zero-order chi connectivity index (χ0) is 14.5. The summed E-state index contributed by atoms with van der Waals surface area (Å²) in [7, 11) is 0. The van der Waals surface area contributed by atoms with E-state index in [1.54, 1.807) is 31.5 Å². The van der Waals surface area contributed by atoms with Crippen LogP contribution in [0.1, 0.15) is 29.7 Å². The minimum atomic E-state index is -0.764. The van der Waals surface area contributed by atoms with Gasteiger partial charge in [0.25, 0.3) is 0 Å². The van der Waals surface area contributed by atoms with Gasteiger partial charge in [-0.2, -0.15) is 0 Å². The second kappa shape index (κ2) is 6.57. The van der Waals surface area contributed by atoms with Gasteiger partial charge in [-0.15, -0.1) is 0 Å². The van der Waals surface area contributed by atoms with Crippen molar-refractivity contribution in [3.63, 3.8) is 0 Å². The summed E-state index contributed by atoms with van der Waals surface area (Å²) in [5.41, 5.74) is 1.73. The van der Waals surface area contributed by atoms with Gasteiger partial charge < -0.3 is 5.32 Å². The van der Waals surface area contributed by atoms with Crippen molar-refractivity contribution in [3.8, 4) is 0 Å². The Bertz CT molecular complexity index is 570. The molecule has 0 amide bonds. The van der Waals surface area contributed by atoms with E-state index in [9.17, 15) is 8.78 Å². The minimum Gasteiger partial charge on any atom is -0.310 e. The summed E-state index contributed by atoms with van der Waals surface area (Å²) in [6.45, 7) is 4.19. The number of pyridine rings is 1. The maximum absolute atomic E-state index is 14.1. The lowest BCUT2D eigenvalue weighted by atomic mass is 9.97. The highest BCUT2D eigenvalue weighted by atomic mass is 19.2. The Balaban J connectivity index is 2.31. The highest BCUT2D eigenvalue weighted by Gasteiger charge is 2.19. The molecular formula is C16H18F2N2. The quantitative estimate of drug-likeness (QED) is 0.903. The van der Waals surface area contributed by atoms with Gasteiger partial charge in [-0.25, -0.2) is 8.78 Å². The second-order valence-corrected chi connectivity index (χ2v) is 4.77. The molecule has 2 nitrogen and oxygen atoms in total. The van der Waals surface area contributed by atoms with Crippen molar-refractivity contribution in [2.24, 2.45) is 0 Å². The van der Waals surface area contributed by atoms with Gasteiger partial charge in [-0.3, -0.25) is 4.98 Å². The maximum atomic E-state index is 14.1. The highest BCUT2D eigenvalue weighted by molar-refractivity contribution is 5.29. The number of rotatable bonds is 5. The largest absolute Gasteiger partial charge is 0.310 e. The summed E-state index contributed by atoms with van der Waals surface area (Å²) in [5, 5.41) is 3.21. The van der Waals surface area contributed by atoms with Gasteiger partial charge in [0.2, 0.25) is 0 Å². The summed E-state index contributed by atoms with van der Waals surface area (Å²) in [6, 6.07) is 6.78. The van der Waals surface area contributed by atoms with Crippen molar-refractivity contribution in [1.82, 2.24) is 10.3 Å². The van der Waals surface area contributed by atoms with E-state index in [4.69, 9.17) is 0 Å². The molecule has 0 spiro atoms. The van der Waals surface area contributed by atoms with Crippen LogP contribution in [-0.4, -0.2) is 11.5 Å². The number of nitrogens with one attached hydrogen (secondary N) is 1. The van der Waals surface area contributed by atoms with Gasteiger partial charge in [-0.05, 0) is 43.1 Å². The Hall–Kier alpha value is -1.81. The summed E-state index contributed by atoms with van der Waals surface area (Å²) in [5.74, 6) is -1.52. The average molecular weight is 276 g/mol. The topological polar surface area (TPSA) is 24.9 Å². The number of halogens is 2. The van der Waals surface area contributed by atoms with E-state index in [1.807, 2.05) is 19.1 Å². The molecule has 0 saturated heterocycles. The third-order valence-electron chi connectivity index (χ3n) is 3.32. The van der Waals surface area contributed by atoms with Crippen molar-refractivity contribution in [1.29, 1.82) is 0 Å². The zero-order valence-electron chi connectivity index (χ0n) is 11.7. The van der Waals surface area contributed by atoms with E-state index >= 15 is 0 Å². The van der Waals surface area contributed by atoms with Crippen LogP contribution in [0, 0.1) is 18.6 Å². The van der Waals surface area contributed by atoms with E-state index in [-0.39, 0.29) is 6.04 Å². The van der Waals surface area contributed by atoms with Gasteiger partial charge >= 0.3 is 0 Å². The Morgan fingerprint density at radius 3 is 2.45 bits per heavy atom. The number of nitrogens with zero attached hydrogens (tertiary/aromatic N) is 1. The molecule has 1 aromatic heterocycles. The van der Waals surface area contributed by atoms with Crippen LogP contribution in [0.5, 0.6) is 0 Å². The predicted molar refractivity (Wildman–Crippen MR) is 75.5 cm³/mol. The molecule has 1 N–H and O–H groups in total. The molecule has 0 aliphatic rings. The van der Waals surface area contributed by atoms with Crippen molar-refractivity contribution in [2.45, 2.75) is 26.3 Å². The van der Waals surface area contributed by atoms with Crippen LogP contribution in [0.3, 0.4) is 0 Å². The molecule has 0 fully saturated rings. The summed E-state index contributed by atoms with van der Waals surface area (Å²) < 4.78 is 27.8. The molecular weight excluding hydrogens is 258 g/mol. The van der Waals surface area contributed by atoms with Crippen LogP contribution in [0.4, 0.5) is 8.78 Å². The van der Waals surface area contributed by atoms with Crippen LogP contribution >= 0.6 is 0 Å². The van der Waals surface area contributed by atoms with Crippen molar-refractivity contribution in [3.05, 3.63) is 65.0 Å². The van der Waals surface area contributed by atoms with Crippen molar-refractivity contribution >= 4 is 0 Å². The van der Waals surface area contributed by atoms with E-state index in [0.29, 0.717) is 24.1 Å². The van der Waals surface area contributed by atoms with Crippen LogP contribution < -0.4 is 5.32 Å². The van der Waals surface area contributed by atoms with Crippen LogP contribution in [-0.2, 0) is 6.42 Å². The molecule has 0 aliphatic carbocycles. The molecule has 4 heteroatoms. The first-order valence-electron chi connectivity index (χ1n) is 6.70. The first-order valence-corrected chi connectivity index (χ1v) is 6.70. The van der Waals surface area contributed by atoms with Crippen molar-refractivity contribution in [2.75, 3.05) is 6.54 Å². The van der Waals surface area contributed by atoms with E-state index in [0.717, 1.165) is 5.56 Å². The van der Waals surface area contributed by atoms with Crippen LogP contribution in [0.25, 0.3) is 0 Å². The van der Waals surface area contributed by atoms with Gasteiger partial charge in [0, 0.05) is 24.0 Å². The first-order chi connectivity index (χ1) is 9.63. The average Bonchev–Trinajstić information content (AvgIpc) is 2.46. The maximum Gasteiger partial charge on any atom is 0.163 e. The Kier molecular flexibility index (Phi) is 4.79. The fourth-order valence-corrected chi connectivity index (χ4v) is 2.22. The van der Waals surface area contributed by atoms with E-state index in [2.05, 4.69) is 10.3 Å². The summed E-state index contributed by atoms with van der Waals surface area (Å²) in [6.07, 6.45) is 3.99. The fourth-order valence-electron chi connectivity index (χ4n) is 2.22. The fraction of sp³-hybridized carbons (Fsp3) is 0.312. The van der Waals surface area contributed by atoms with Crippen LogP contribution in [0.2, 0.25) is 0 Å². The van der Waals surface area contributed by atoms with E-state index in [1.165, 1.54) is 0 Å². The second-order valence-electron chi connectivity index (χ2n) is 4.77. The van der Waals surface area contributed by atoms with Gasteiger partial charge in [0.05, 0.1) is 0 Å². The normalized spacial score (nSPS) is 12.4. The molecule has 1 unspecified atom stereocenters. The standard InChI is InChI=1S/C16H18F2N2/c1-3-20-14(10-12-6-8-19-9-7-12)13-5-4-11(2)15(17)16(13)18/h4-9,14,20H,3,10H2,1-2H3. The molecule has 0 radical (unpaired) electrons. The molecule has 20 heavy (non-hydrogen) atoms. The van der Waals surface area contributed by atoms with Gasteiger partial charge in [0.1, 0.15) is 0 Å². The lowest BCUT2D eigenvalue weighted by Crippen LogP contribution is -2.24. The molecule has 2 rings (SSSR count). The Morgan fingerprint density at radius 2 is 1.80 bits per heavy atom. The SMILES string of the molecule is CCNC(Cc1ccncc1)c1ccc(C)c(F)c1F. The summed E-state index contributed by atoms with van der Waals surface area (Å²) in [4.78, 5) is 3.96. The third kappa shape index (κ3) is 3.20. The molecule has 106 valence electrons. The smallest absolute Gasteiger partial charge is 0.163 e. The molecule has 1 heterocycles. The number of benzene rings is 1. The van der Waals surface area contributed by atoms with Gasteiger partial charge in [0.15, 0.2) is 11.6 Å². The lowest BCUT2D eigenvalue weighted by Gasteiger charge is -2.19. The van der Waals surface area contributed by atoms with Crippen molar-refractivity contribution < 1.29 is 8.78 Å². The monoisotopic (exact) mass is 276 g/mol. The Labute approximate surface area is 117 Å². The highest BCUT2D eigenvalue weighted by Crippen LogP contribution is 2.24. The Morgan fingerprint density at radius 1 is 1.10 bits per heavy atom. The molecule has 0 saturated carbocycles.